The summed E-state index contributed by atoms with van der Waals surface area (Å²) in [7, 11) is 0. The molecule has 0 aliphatic heterocycles. The number of carbonyl (C=O) groups excluding carboxylic acids is 1. The minimum atomic E-state index is 0.0257. The number of hydrogen-bond donors (Lipinski definition) is 1. The highest BCUT2D eigenvalue weighted by molar-refractivity contribution is 7.99. The Bertz CT molecular complexity index is 274. The van der Waals surface area contributed by atoms with Crippen molar-refractivity contribution in [3.05, 3.63) is 18.7 Å². The van der Waals surface area contributed by atoms with Gasteiger partial charge in [0.25, 0.3) is 0 Å². The third kappa shape index (κ3) is 3.41. The smallest absolute Gasteiger partial charge is 0.232 e. The highest BCUT2D eigenvalue weighted by atomic mass is 32.2. The van der Waals surface area contributed by atoms with Crippen molar-refractivity contribution >= 4 is 17.7 Å². The van der Waals surface area contributed by atoms with Gasteiger partial charge in [-0.05, 0) is 13.2 Å². The second kappa shape index (κ2) is 5.70. The molecule has 0 saturated carbocycles. The highest BCUT2D eigenvalue weighted by Crippen LogP contribution is 2.03. The molecule has 1 N–H and O–H groups in total. The molecule has 0 aromatic carbocycles. The molecule has 14 heavy (non-hydrogen) atoms. The number of aromatic nitrogens is 2. The highest BCUT2D eigenvalue weighted by Gasteiger charge is 2.09. The van der Waals surface area contributed by atoms with Crippen LogP contribution in [-0.2, 0) is 11.3 Å². The monoisotopic (exact) mass is 213 g/mol. The zero-order chi connectivity index (χ0) is 10.4. The van der Waals surface area contributed by atoms with E-state index in [9.17, 15) is 4.79 Å². The van der Waals surface area contributed by atoms with Gasteiger partial charge in [0.2, 0.25) is 5.91 Å². The first kappa shape index (κ1) is 11.1. The van der Waals surface area contributed by atoms with Gasteiger partial charge in [0.1, 0.15) is 0 Å². The summed E-state index contributed by atoms with van der Waals surface area (Å²) < 4.78 is 1.93. The van der Waals surface area contributed by atoms with Gasteiger partial charge in [0.15, 0.2) is 0 Å². The second-order valence-electron chi connectivity index (χ2n) is 2.97. The molecule has 0 saturated heterocycles. The Labute approximate surface area is 88.1 Å². The predicted molar refractivity (Wildman–Crippen MR) is 58.2 cm³/mol. The lowest BCUT2D eigenvalue weighted by atomic mass is 10.4. The van der Waals surface area contributed by atoms with Crippen LogP contribution in [0.1, 0.15) is 6.92 Å². The Balaban J connectivity index is 2.18. The lowest BCUT2D eigenvalue weighted by molar-refractivity contribution is -0.120. The van der Waals surface area contributed by atoms with Gasteiger partial charge in [-0.15, -0.1) is 0 Å². The van der Waals surface area contributed by atoms with E-state index in [4.69, 9.17) is 0 Å². The molecular formula is C9H15N3OS. The number of rotatable bonds is 5. The molecule has 0 radical (unpaired) electrons. The largest absolute Gasteiger partial charge is 0.353 e. The van der Waals surface area contributed by atoms with E-state index in [1.165, 1.54) is 0 Å². The van der Waals surface area contributed by atoms with Crippen molar-refractivity contribution in [2.24, 2.45) is 0 Å². The van der Waals surface area contributed by atoms with Crippen LogP contribution in [0.25, 0.3) is 0 Å². The third-order valence-electron chi connectivity index (χ3n) is 1.95. The molecule has 0 unspecified atom stereocenters. The molecule has 1 amide bonds. The molecule has 0 aliphatic carbocycles. The normalized spacial score (nSPS) is 12.4. The molecule has 0 bridgehead atoms. The molecule has 1 rings (SSSR count). The van der Waals surface area contributed by atoms with E-state index in [1.807, 2.05) is 23.9 Å². The zero-order valence-electron chi connectivity index (χ0n) is 8.43. The molecule has 0 spiro atoms. The fourth-order valence-corrected chi connectivity index (χ4v) is 1.28. The van der Waals surface area contributed by atoms with Gasteiger partial charge in [-0.2, -0.15) is 11.8 Å². The summed E-state index contributed by atoms with van der Waals surface area (Å²) in [6.45, 7) is 3.32. The Kier molecular flexibility index (Phi) is 4.52. The van der Waals surface area contributed by atoms with Crippen LogP contribution < -0.4 is 5.32 Å². The number of carbonyl (C=O) groups is 1. The van der Waals surface area contributed by atoms with Crippen molar-refractivity contribution in [2.45, 2.75) is 18.7 Å². The number of hydrogen-bond acceptors (Lipinski definition) is 3. The van der Waals surface area contributed by atoms with Crippen LogP contribution >= 0.6 is 11.8 Å². The Morgan fingerprint density at radius 2 is 2.50 bits per heavy atom. The Morgan fingerprint density at radius 1 is 1.71 bits per heavy atom. The molecule has 0 fully saturated rings. The van der Waals surface area contributed by atoms with Crippen molar-refractivity contribution < 1.29 is 4.79 Å². The van der Waals surface area contributed by atoms with Crippen LogP contribution in [0.4, 0.5) is 0 Å². The van der Waals surface area contributed by atoms with E-state index < -0.39 is 0 Å². The van der Waals surface area contributed by atoms with Gasteiger partial charge >= 0.3 is 0 Å². The number of imidazole rings is 1. The van der Waals surface area contributed by atoms with Gasteiger partial charge in [-0.3, -0.25) is 4.79 Å². The number of thioether (sulfide) groups is 1. The fourth-order valence-electron chi connectivity index (χ4n) is 0.978. The molecule has 5 heteroatoms. The van der Waals surface area contributed by atoms with Gasteiger partial charge < -0.3 is 9.88 Å². The number of nitrogens with one attached hydrogen (secondary N) is 1. The van der Waals surface area contributed by atoms with Crippen LogP contribution in [0.5, 0.6) is 0 Å². The summed E-state index contributed by atoms with van der Waals surface area (Å²) in [6, 6.07) is 0. The van der Waals surface area contributed by atoms with Gasteiger partial charge in [0.05, 0.1) is 11.6 Å². The lowest BCUT2D eigenvalue weighted by Gasteiger charge is -2.09. The zero-order valence-corrected chi connectivity index (χ0v) is 9.25. The van der Waals surface area contributed by atoms with Crippen LogP contribution in [0.2, 0.25) is 0 Å². The van der Waals surface area contributed by atoms with E-state index in [-0.39, 0.29) is 11.2 Å². The van der Waals surface area contributed by atoms with Gasteiger partial charge in [0, 0.05) is 25.5 Å². The molecule has 78 valence electrons. The Morgan fingerprint density at radius 3 is 3.07 bits per heavy atom. The minimum absolute atomic E-state index is 0.0257. The van der Waals surface area contributed by atoms with Crippen molar-refractivity contribution in [1.82, 2.24) is 14.9 Å². The fraction of sp³-hybridized carbons (Fsp3) is 0.556. The van der Waals surface area contributed by atoms with E-state index in [0.29, 0.717) is 6.54 Å². The maximum Gasteiger partial charge on any atom is 0.232 e. The van der Waals surface area contributed by atoms with Crippen molar-refractivity contribution in [1.29, 1.82) is 0 Å². The standard InChI is InChI=1S/C9H15N3OS/c1-8(14-2)9(13)11-4-6-12-5-3-10-7-12/h3,5,7-8H,4,6H2,1-2H3,(H,11,13)/t8-/m1/s1. The summed E-state index contributed by atoms with van der Waals surface area (Å²) in [4.78, 5) is 15.3. The van der Waals surface area contributed by atoms with Crippen LogP contribution in [0.15, 0.2) is 18.7 Å². The molecule has 1 atom stereocenters. The van der Waals surface area contributed by atoms with E-state index in [1.54, 1.807) is 24.3 Å². The second-order valence-corrected chi connectivity index (χ2v) is 4.15. The SMILES string of the molecule is CS[C@H](C)C(=O)NCCn1ccnc1. The number of amides is 1. The van der Waals surface area contributed by atoms with E-state index in [0.717, 1.165) is 6.54 Å². The Hall–Kier alpha value is -0.970. The van der Waals surface area contributed by atoms with E-state index >= 15 is 0 Å². The average molecular weight is 213 g/mol. The van der Waals surface area contributed by atoms with E-state index in [2.05, 4.69) is 10.3 Å². The van der Waals surface area contributed by atoms with Crippen LogP contribution in [0.3, 0.4) is 0 Å². The summed E-state index contributed by atoms with van der Waals surface area (Å²) in [5, 5.41) is 2.89. The summed E-state index contributed by atoms with van der Waals surface area (Å²) >= 11 is 1.55. The maximum absolute atomic E-state index is 11.3. The summed E-state index contributed by atoms with van der Waals surface area (Å²) in [5.74, 6) is 0.0950. The van der Waals surface area contributed by atoms with Crippen molar-refractivity contribution in [3.8, 4) is 0 Å². The molecule has 1 aromatic rings. The summed E-state index contributed by atoms with van der Waals surface area (Å²) in [6.07, 6.45) is 7.28. The molecule has 4 nitrogen and oxygen atoms in total. The predicted octanol–water partition coefficient (Wildman–Crippen LogP) is 0.751. The average Bonchev–Trinajstić information content (AvgIpc) is 2.69. The molecule has 0 aliphatic rings. The number of nitrogens with zero attached hydrogens (tertiary/aromatic N) is 2. The first-order valence-electron chi connectivity index (χ1n) is 4.50. The van der Waals surface area contributed by atoms with Crippen LogP contribution in [-0.4, -0.2) is 33.5 Å². The summed E-state index contributed by atoms with van der Waals surface area (Å²) in [5.41, 5.74) is 0. The molecule has 1 aromatic heterocycles. The third-order valence-corrected chi connectivity index (χ3v) is 2.87. The van der Waals surface area contributed by atoms with Gasteiger partial charge in [-0.1, -0.05) is 0 Å². The molecular weight excluding hydrogens is 198 g/mol. The van der Waals surface area contributed by atoms with Gasteiger partial charge in [-0.25, -0.2) is 4.98 Å². The molecule has 1 heterocycles. The minimum Gasteiger partial charge on any atom is -0.353 e. The maximum atomic E-state index is 11.3. The van der Waals surface area contributed by atoms with Crippen molar-refractivity contribution in [3.63, 3.8) is 0 Å². The topological polar surface area (TPSA) is 46.9 Å². The quantitative estimate of drug-likeness (QED) is 0.785. The van der Waals surface area contributed by atoms with Crippen molar-refractivity contribution in [2.75, 3.05) is 12.8 Å². The lowest BCUT2D eigenvalue weighted by Crippen LogP contribution is -2.33. The first-order chi connectivity index (χ1) is 6.74. The first-order valence-corrected chi connectivity index (χ1v) is 5.79. The van der Waals surface area contributed by atoms with Crippen LogP contribution in [0, 0.1) is 0 Å².